The lowest BCUT2D eigenvalue weighted by atomic mass is 9.84. The van der Waals surface area contributed by atoms with Crippen molar-refractivity contribution in [2.75, 3.05) is 7.05 Å². The lowest BCUT2D eigenvalue weighted by Gasteiger charge is -2.24. The first-order valence-electron chi connectivity index (χ1n) is 18.7. The molecule has 3 aliphatic carbocycles. The molecule has 3 aromatic rings. The second-order valence-corrected chi connectivity index (χ2v) is 14.2. The van der Waals surface area contributed by atoms with E-state index in [1.165, 1.54) is 64.6 Å². The van der Waals surface area contributed by atoms with E-state index in [0.717, 1.165) is 56.4 Å². The van der Waals surface area contributed by atoms with Crippen molar-refractivity contribution in [3.63, 3.8) is 0 Å². The van der Waals surface area contributed by atoms with Crippen molar-refractivity contribution in [2.45, 2.75) is 90.6 Å². The Labute approximate surface area is 289 Å². The zero-order chi connectivity index (χ0) is 33.1. The van der Waals surface area contributed by atoms with Gasteiger partial charge in [-0.25, -0.2) is 0 Å². The first kappa shape index (κ1) is 34.1. The number of hydrogen-bond donors (Lipinski definition) is 1. The molecular weight excluding hydrogens is 583 g/mol. The number of benzene rings is 2. The first-order chi connectivity index (χ1) is 23.6. The van der Waals surface area contributed by atoms with Gasteiger partial charge in [0, 0.05) is 23.7 Å². The summed E-state index contributed by atoms with van der Waals surface area (Å²) in [4.78, 5) is 10.4. The highest BCUT2D eigenvalue weighted by Gasteiger charge is 2.41. The fraction of sp³-hybridized carbons (Fsp3) is 0.422. The largest absolute Gasteiger partial charge is 0.299 e. The summed E-state index contributed by atoms with van der Waals surface area (Å²) < 4.78 is 0. The van der Waals surface area contributed by atoms with Crippen LogP contribution in [0.2, 0.25) is 0 Å². The molecule has 48 heavy (non-hydrogen) atoms. The number of unbranched alkanes of at least 4 members (excludes halogenated alkanes) is 1. The normalized spacial score (nSPS) is 21.9. The van der Waals surface area contributed by atoms with E-state index in [2.05, 4.69) is 136 Å². The molecule has 0 saturated heterocycles. The molecule has 0 bridgehead atoms. The second kappa shape index (κ2) is 17.0. The number of aliphatic imine (C=N–C) groups is 1. The molecule has 1 fully saturated rings. The monoisotopic (exact) mass is 637 g/mol. The zero-order valence-corrected chi connectivity index (χ0v) is 29.5. The van der Waals surface area contributed by atoms with Crippen molar-refractivity contribution in [3.8, 4) is 0 Å². The van der Waals surface area contributed by atoms with Crippen LogP contribution in [0.4, 0.5) is 0 Å². The van der Waals surface area contributed by atoms with Crippen LogP contribution in [-0.4, -0.2) is 23.9 Å². The average Bonchev–Trinajstić information content (AvgIpc) is 3.91. The van der Waals surface area contributed by atoms with Crippen molar-refractivity contribution >= 4 is 28.3 Å². The Hall–Kier alpha value is -3.82. The van der Waals surface area contributed by atoms with Gasteiger partial charge in [0.25, 0.3) is 0 Å². The standard InChI is InChI=1S/C45H55N3/c1-4-6-7-8-9-10-11-16-35(5-2)44(26-23-33-21-24-36-17-12-13-18-37(36)27-33)48-45(46-3)29-34-22-25-41(42-31-39(42)28-34)40-30-38-19-14-15-20-43(38)47-32-40/h6-9,12-15,17-22,24-25,30,32-33,35,39,42,45-46H,4-5,10-11,16,23,26-29,31H2,1-3H3. The van der Waals surface area contributed by atoms with Crippen molar-refractivity contribution in [3.05, 3.63) is 126 Å². The number of para-hydroxylation sites is 1. The van der Waals surface area contributed by atoms with Gasteiger partial charge in [-0.3, -0.25) is 15.3 Å². The number of rotatable bonds is 16. The zero-order valence-electron chi connectivity index (χ0n) is 29.5. The molecule has 3 heteroatoms. The number of hydrogen-bond acceptors (Lipinski definition) is 3. The summed E-state index contributed by atoms with van der Waals surface area (Å²) in [6, 6.07) is 19.7. The Morgan fingerprint density at radius 3 is 2.75 bits per heavy atom. The van der Waals surface area contributed by atoms with Crippen molar-refractivity contribution < 1.29 is 0 Å². The van der Waals surface area contributed by atoms with E-state index in [1.54, 1.807) is 0 Å². The predicted molar refractivity (Wildman–Crippen MR) is 207 cm³/mol. The minimum Gasteiger partial charge on any atom is -0.299 e. The Morgan fingerprint density at radius 2 is 1.88 bits per heavy atom. The van der Waals surface area contributed by atoms with Gasteiger partial charge in [-0.15, -0.1) is 0 Å². The lowest BCUT2D eigenvalue weighted by Crippen LogP contribution is -2.28. The average molecular weight is 638 g/mol. The molecule has 250 valence electrons. The molecular formula is C45H55N3. The van der Waals surface area contributed by atoms with Crippen LogP contribution in [-0.2, 0) is 6.42 Å². The molecule has 0 radical (unpaired) electrons. The topological polar surface area (TPSA) is 37.3 Å². The Morgan fingerprint density at radius 1 is 1.02 bits per heavy atom. The van der Waals surface area contributed by atoms with E-state index in [1.807, 2.05) is 0 Å². The van der Waals surface area contributed by atoms with Crippen LogP contribution in [0.15, 0.2) is 114 Å². The summed E-state index contributed by atoms with van der Waals surface area (Å²) in [7, 11) is 2.10. The summed E-state index contributed by atoms with van der Waals surface area (Å²) in [6.45, 7) is 4.55. The second-order valence-electron chi connectivity index (χ2n) is 14.2. The van der Waals surface area contributed by atoms with Crippen molar-refractivity contribution in [1.29, 1.82) is 0 Å². The highest BCUT2D eigenvalue weighted by Crippen LogP contribution is 2.53. The van der Waals surface area contributed by atoms with Crippen molar-refractivity contribution in [1.82, 2.24) is 10.3 Å². The fourth-order valence-corrected chi connectivity index (χ4v) is 7.80. The maximum absolute atomic E-state index is 5.59. The Kier molecular flexibility index (Phi) is 12.1. The third-order valence-corrected chi connectivity index (χ3v) is 10.7. The molecule has 5 atom stereocenters. The molecule has 3 aliphatic rings. The van der Waals surface area contributed by atoms with Crippen LogP contribution < -0.4 is 5.32 Å². The van der Waals surface area contributed by atoms with E-state index >= 15 is 0 Å². The highest BCUT2D eigenvalue weighted by molar-refractivity contribution is 5.87. The van der Waals surface area contributed by atoms with Gasteiger partial charge >= 0.3 is 0 Å². The number of fused-ring (bicyclic) bond motifs is 3. The minimum absolute atomic E-state index is 0.108. The first-order valence-corrected chi connectivity index (χ1v) is 18.7. The molecule has 1 heterocycles. The van der Waals surface area contributed by atoms with Crippen LogP contribution in [0.3, 0.4) is 0 Å². The number of pyridine rings is 1. The van der Waals surface area contributed by atoms with E-state index in [0.29, 0.717) is 17.8 Å². The third kappa shape index (κ3) is 8.99. The number of nitrogens with zero attached hydrogens (tertiary/aromatic N) is 2. The number of aromatic nitrogens is 1. The molecule has 0 amide bonds. The van der Waals surface area contributed by atoms with Gasteiger partial charge in [-0.1, -0.05) is 110 Å². The van der Waals surface area contributed by atoms with Gasteiger partial charge < -0.3 is 0 Å². The highest BCUT2D eigenvalue weighted by atomic mass is 15.0. The van der Waals surface area contributed by atoms with E-state index in [4.69, 9.17) is 9.98 Å². The van der Waals surface area contributed by atoms with Crippen molar-refractivity contribution in [2.24, 2.45) is 28.7 Å². The number of nitrogens with one attached hydrogen (secondary N) is 1. The van der Waals surface area contributed by atoms with Gasteiger partial charge in [0.05, 0.1) is 5.52 Å². The Bertz CT molecular complexity index is 1700. The fourth-order valence-electron chi connectivity index (χ4n) is 7.80. The summed E-state index contributed by atoms with van der Waals surface area (Å²) in [5, 5.41) is 4.85. The molecule has 3 nitrogen and oxygen atoms in total. The number of allylic oxidation sites excluding steroid dienone is 8. The summed E-state index contributed by atoms with van der Waals surface area (Å²) in [5.41, 5.74) is 9.64. The maximum Gasteiger partial charge on any atom is 0.103 e. The quantitative estimate of drug-likeness (QED) is 0.0964. The molecule has 6 rings (SSSR count). The maximum atomic E-state index is 5.59. The SMILES string of the molecule is CCC=CC=CCCCC(CC)C(CCC1C=Cc2ccccc2C1)=NC(CC1=CC=C(c2cnc3ccccc3c2)C2CC2C1)NC. The van der Waals surface area contributed by atoms with Gasteiger partial charge in [0.2, 0.25) is 0 Å². The lowest BCUT2D eigenvalue weighted by molar-refractivity contribution is 0.521. The van der Waals surface area contributed by atoms with Gasteiger partial charge in [0.1, 0.15) is 6.17 Å². The van der Waals surface area contributed by atoms with Gasteiger partial charge in [0.15, 0.2) is 0 Å². The van der Waals surface area contributed by atoms with E-state index in [9.17, 15) is 0 Å². The van der Waals surface area contributed by atoms with Crippen LogP contribution in [0.5, 0.6) is 0 Å². The van der Waals surface area contributed by atoms with Crippen LogP contribution >= 0.6 is 0 Å². The summed E-state index contributed by atoms with van der Waals surface area (Å²) in [5.74, 6) is 2.50. The molecule has 5 unspecified atom stereocenters. The Balaban J connectivity index is 1.17. The van der Waals surface area contributed by atoms with Gasteiger partial charge in [-0.2, -0.15) is 0 Å². The predicted octanol–water partition coefficient (Wildman–Crippen LogP) is 11.3. The van der Waals surface area contributed by atoms with Crippen LogP contribution in [0.1, 0.15) is 94.7 Å². The third-order valence-electron chi connectivity index (χ3n) is 10.7. The molecule has 1 aromatic heterocycles. The molecule has 1 N–H and O–H groups in total. The van der Waals surface area contributed by atoms with E-state index in [-0.39, 0.29) is 6.17 Å². The minimum atomic E-state index is 0.108. The van der Waals surface area contributed by atoms with Crippen LogP contribution in [0, 0.1) is 23.7 Å². The molecule has 2 aromatic carbocycles. The summed E-state index contributed by atoms with van der Waals surface area (Å²) >= 11 is 0. The molecule has 1 saturated carbocycles. The van der Waals surface area contributed by atoms with Gasteiger partial charge in [-0.05, 0) is 129 Å². The van der Waals surface area contributed by atoms with Crippen LogP contribution in [0.25, 0.3) is 22.6 Å². The molecule has 0 aliphatic heterocycles. The molecule has 0 spiro atoms. The smallest absolute Gasteiger partial charge is 0.103 e. The van der Waals surface area contributed by atoms with E-state index < -0.39 is 0 Å². The summed E-state index contributed by atoms with van der Waals surface area (Å²) in [6.07, 6.45) is 33.3.